The van der Waals surface area contributed by atoms with E-state index in [1.807, 2.05) is 54.6 Å². The number of amides is 1. The van der Waals surface area contributed by atoms with Crippen LogP contribution in [-0.4, -0.2) is 36.1 Å². The van der Waals surface area contributed by atoms with Crippen LogP contribution >= 0.6 is 22.9 Å². The highest BCUT2D eigenvalue weighted by molar-refractivity contribution is 7.13. The van der Waals surface area contributed by atoms with Gasteiger partial charge in [-0.05, 0) is 17.7 Å². The molecule has 1 amide bonds. The summed E-state index contributed by atoms with van der Waals surface area (Å²) in [6.45, 7) is 1.52. The zero-order valence-electron chi connectivity index (χ0n) is 14.4. The predicted octanol–water partition coefficient (Wildman–Crippen LogP) is 4.75. The fraction of sp³-hybridized carbons (Fsp3) is 0.200. The van der Waals surface area contributed by atoms with Crippen LogP contribution in [0, 0.1) is 0 Å². The number of ether oxygens (including phenoxy) is 1. The van der Waals surface area contributed by atoms with E-state index < -0.39 is 0 Å². The number of nitrogens with zero attached hydrogens (tertiary/aromatic N) is 2. The molecule has 3 aromatic rings. The largest absolute Gasteiger partial charge is 0.383 e. The first-order valence-corrected chi connectivity index (χ1v) is 9.47. The van der Waals surface area contributed by atoms with Crippen molar-refractivity contribution in [2.45, 2.75) is 6.54 Å². The number of halogens is 1. The van der Waals surface area contributed by atoms with Crippen molar-refractivity contribution in [2.75, 3.05) is 20.3 Å². The summed E-state index contributed by atoms with van der Waals surface area (Å²) in [5.41, 5.74) is 2.47. The van der Waals surface area contributed by atoms with Crippen LogP contribution in [0.4, 0.5) is 0 Å². The molecule has 0 spiro atoms. The maximum Gasteiger partial charge on any atom is 0.273 e. The number of methoxy groups -OCH3 is 1. The maximum atomic E-state index is 12.9. The van der Waals surface area contributed by atoms with E-state index in [0.717, 1.165) is 16.1 Å². The first-order valence-electron chi connectivity index (χ1n) is 8.21. The van der Waals surface area contributed by atoms with Crippen molar-refractivity contribution >= 4 is 28.8 Å². The lowest BCUT2D eigenvalue weighted by atomic mass is 10.2. The molecule has 1 heterocycles. The molecular formula is C20H19ClN2O2S. The molecule has 0 aliphatic heterocycles. The van der Waals surface area contributed by atoms with E-state index in [0.29, 0.717) is 30.4 Å². The third-order valence-corrected chi connectivity index (χ3v) is 5.03. The lowest BCUT2D eigenvalue weighted by Gasteiger charge is -2.21. The zero-order valence-corrected chi connectivity index (χ0v) is 16.0. The molecule has 134 valence electrons. The van der Waals surface area contributed by atoms with Crippen LogP contribution in [0.25, 0.3) is 10.6 Å². The van der Waals surface area contributed by atoms with Gasteiger partial charge in [0.25, 0.3) is 5.91 Å². The van der Waals surface area contributed by atoms with E-state index in [9.17, 15) is 4.79 Å². The average molecular weight is 387 g/mol. The summed E-state index contributed by atoms with van der Waals surface area (Å²) in [6, 6.07) is 17.4. The standard InChI is InChI=1S/C20H19ClN2O2S/c1-25-12-11-23(13-15-5-3-2-4-6-15)20(24)18-14-26-19(22-18)16-7-9-17(21)10-8-16/h2-10,14H,11-13H2,1H3. The zero-order chi connectivity index (χ0) is 18.4. The first-order chi connectivity index (χ1) is 12.7. The van der Waals surface area contributed by atoms with Crippen LogP contribution < -0.4 is 0 Å². The molecule has 0 unspecified atom stereocenters. The third kappa shape index (κ3) is 4.69. The number of rotatable bonds is 7. The molecule has 0 N–H and O–H groups in total. The molecule has 0 fully saturated rings. The van der Waals surface area contributed by atoms with E-state index in [1.54, 1.807) is 17.4 Å². The molecule has 3 rings (SSSR count). The second-order valence-electron chi connectivity index (χ2n) is 5.75. The van der Waals surface area contributed by atoms with Crippen LogP contribution in [0.5, 0.6) is 0 Å². The second-order valence-corrected chi connectivity index (χ2v) is 7.04. The van der Waals surface area contributed by atoms with Gasteiger partial charge in [0.05, 0.1) is 6.61 Å². The molecule has 1 aromatic heterocycles. The van der Waals surface area contributed by atoms with Gasteiger partial charge in [-0.2, -0.15) is 0 Å². The Morgan fingerprint density at radius 1 is 1.15 bits per heavy atom. The summed E-state index contributed by atoms with van der Waals surface area (Å²) in [7, 11) is 1.63. The molecule has 0 radical (unpaired) electrons. The number of hydrogen-bond donors (Lipinski definition) is 0. The molecular weight excluding hydrogens is 368 g/mol. The minimum absolute atomic E-state index is 0.0950. The number of benzene rings is 2. The van der Waals surface area contributed by atoms with Gasteiger partial charge >= 0.3 is 0 Å². The van der Waals surface area contributed by atoms with Gasteiger partial charge in [0.15, 0.2) is 0 Å². The Bertz CT molecular complexity index is 850. The molecule has 0 saturated heterocycles. The van der Waals surface area contributed by atoms with Gasteiger partial charge in [0, 0.05) is 36.2 Å². The van der Waals surface area contributed by atoms with Gasteiger partial charge in [-0.3, -0.25) is 4.79 Å². The number of carbonyl (C=O) groups excluding carboxylic acids is 1. The maximum absolute atomic E-state index is 12.9. The van der Waals surface area contributed by atoms with Gasteiger partial charge in [-0.25, -0.2) is 4.98 Å². The Morgan fingerprint density at radius 3 is 2.58 bits per heavy atom. The Morgan fingerprint density at radius 2 is 1.88 bits per heavy atom. The van der Waals surface area contributed by atoms with Crippen LogP contribution in [0.2, 0.25) is 5.02 Å². The second kappa shape index (κ2) is 8.94. The molecule has 4 nitrogen and oxygen atoms in total. The van der Waals surface area contributed by atoms with Crippen LogP contribution in [-0.2, 0) is 11.3 Å². The average Bonchev–Trinajstić information content (AvgIpc) is 3.16. The fourth-order valence-electron chi connectivity index (χ4n) is 2.52. The Balaban J connectivity index is 1.79. The third-order valence-electron chi connectivity index (χ3n) is 3.88. The van der Waals surface area contributed by atoms with Crippen molar-refractivity contribution in [1.29, 1.82) is 0 Å². The topological polar surface area (TPSA) is 42.4 Å². The van der Waals surface area contributed by atoms with Crippen LogP contribution in [0.1, 0.15) is 16.1 Å². The number of carbonyl (C=O) groups is 1. The van der Waals surface area contributed by atoms with Gasteiger partial charge in [-0.15, -0.1) is 11.3 Å². The quantitative estimate of drug-likeness (QED) is 0.588. The SMILES string of the molecule is COCCN(Cc1ccccc1)C(=O)c1csc(-c2ccc(Cl)cc2)n1. The smallest absolute Gasteiger partial charge is 0.273 e. The summed E-state index contributed by atoms with van der Waals surface area (Å²) in [5, 5.41) is 3.28. The van der Waals surface area contributed by atoms with Crippen molar-refractivity contribution in [3.63, 3.8) is 0 Å². The molecule has 0 bridgehead atoms. The highest BCUT2D eigenvalue weighted by atomic mass is 35.5. The van der Waals surface area contributed by atoms with Crippen molar-refractivity contribution in [3.05, 3.63) is 76.3 Å². The minimum Gasteiger partial charge on any atom is -0.383 e. The molecule has 26 heavy (non-hydrogen) atoms. The van der Waals surface area contributed by atoms with Gasteiger partial charge in [-0.1, -0.05) is 54.1 Å². The summed E-state index contributed by atoms with van der Waals surface area (Å²) < 4.78 is 5.16. The van der Waals surface area contributed by atoms with Crippen molar-refractivity contribution in [2.24, 2.45) is 0 Å². The molecule has 0 saturated carbocycles. The minimum atomic E-state index is -0.0950. The van der Waals surface area contributed by atoms with E-state index in [4.69, 9.17) is 16.3 Å². The van der Waals surface area contributed by atoms with Crippen molar-refractivity contribution < 1.29 is 9.53 Å². The Labute approximate surface area is 162 Å². The molecule has 0 atom stereocenters. The van der Waals surface area contributed by atoms with Crippen LogP contribution in [0.15, 0.2) is 60.0 Å². The fourth-order valence-corrected chi connectivity index (χ4v) is 3.44. The lowest BCUT2D eigenvalue weighted by Crippen LogP contribution is -2.33. The van der Waals surface area contributed by atoms with Gasteiger partial charge < -0.3 is 9.64 Å². The van der Waals surface area contributed by atoms with Gasteiger partial charge in [0.2, 0.25) is 0 Å². The molecule has 0 aliphatic carbocycles. The van der Waals surface area contributed by atoms with Crippen molar-refractivity contribution in [3.8, 4) is 10.6 Å². The molecule has 2 aromatic carbocycles. The summed E-state index contributed by atoms with van der Waals surface area (Å²) in [6.07, 6.45) is 0. The van der Waals surface area contributed by atoms with Crippen LogP contribution in [0.3, 0.4) is 0 Å². The Hall–Kier alpha value is -2.21. The van der Waals surface area contributed by atoms with Gasteiger partial charge in [0.1, 0.15) is 10.7 Å². The van der Waals surface area contributed by atoms with E-state index in [-0.39, 0.29) is 5.91 Å². The summed E-state index contributed by atoms with van der Waals surface area (Å²) >= 11 is 7.38. The summed E-state index contributed by atoms with van der Waals surface area (Å²) in [5.74, 6) is -0.0950. The monoisotopic (exact) mass is 386 g/mol. The summed E-state index contributed by atoms with van der Waals surface area (Å²) in [4.78, 5) is 19.2. The van der Waals surface area contributed by atoms with E-state index in [1.165, 1.54) is 11.3 Å². The molecule has 0 aliphatic rings. The highest BCUT2D eigenvalue weighted by Gasteiger charge is 2.19. The van der Waals surface area contributed by atoms with E-state index >= 15 is 0 Å². The predicted molar refractivity (Wildman–Crippen MR) is 106 cm³/mol. The molecule has 6 heteroatoms. The first kappa shape index (κ1) is 18.6. The normalized spacial score (nSPS) is 10.7. The lowest BCUT2D eigenvalue weighted by molar-refractivity contribution is 0.0675. The number of hydrogen-bond acceptors (Lipinski definition) is 4. The number of aromatic nitrogens is 1. The van der Waals surface area contributed by atoms with E-state index in [2.05, 4.69) is 4.98 Å². The Kier molecular flexibility index (Phi) is 6.39. The highest BCUT2D eigenvalue weighted by Crippen LogP contribution is 2.25. The van der Waals surface area contributed by atoms with Crippen molar-refractivity contribution in [1.82, 2.24) is 9.88 Å². The number of thiazole rings is 1.